The van der Waals surface area contributed by atoms with Crippen LogP contribution in [0.4, 0.5) is 5.69 Å². The number of hydrogen-bond acceptors (Lipinski definition) is 5. The van der Waals surface area contributed by atoms with Crippen molar-refractivity contribution in [1.82, 2.24) is 5.43 Å². The third-order valence-electron chi connectivity index (χ3n) is 3.48. The number of ether oxygens (including phenoxy) is 2. The van der Waals surface area contributed by atoms with Gasteiger partial charge in [-0.2, -0.15) is 5.10 Å². The zero-order valence-corrected chi connectivity index (χ0v) is 16.5. The highest BCUT2D eigenvalue weighted by atomic mass is 35.5. The van der Waals surface area contributed by atoms with E-state index in [4.69, 9.17) is 21.1 Å². The van der Waals surface area contributed by atoms with Crippen LogP contribution in [0.2, 0.25) is 5.02 Å². The predicted octanol–water partition coefficient (Wildman–Crippen LogP) is 3.62. The molecule has 0 aliphatic carbocycles. The number of nitrogens with zero attached hydrogens (tertiary/aromatic N) is 1. The fraction of sp³-hybridized carbons (Fsp3) is 0.250. The first-order valence-corrected chi connectivity index (χ1v) is 9.07. The van der Waals surface area contributed by atoms with Crippen molar-refractivity contribution in [2.45, 2.75) is 19.8 Å². The van der Waals surface area contributed by atoms with Crippen LogP contribution in [0, 0.1) is 0 Å². The average molecular weight is 404 g/mol. The SMILES string of the molecule is CCCOc1ccc(/C=N\NC(=O)CC(=O)Nc2cccc(Cl)c2)cc1OC. The predicted molar refractivity (Wildman–Crippen MR) is 109 cm³/mol. The number of nitrogens with one attached hydrogen (secondary N) is 2. The Morgan fingerprint density at radius 3 is 2.68 bits per heavy atom. The van der Waals surface area contributed by atoms with Crippen molar-refractivity contribution < 1.29 is 19.1 Å². The van der Waals surface area contributed by atoms with E-state index in [9.17, 15) is 9.59 Å². The first-order valence-electron chi connectivity index (χ1n) is 8.70. The maximum absolute atomic E-state index is 11.9. The lowest BCUT2D eigenvalue weighted by Crippen LogP contribution is -2.24. The molecule has 0 heterocycles. The largest absolute Gasteiger partial charge is 0.493 e. The number of carbonyl (C=O) groups excluding carboxylic acids is 2. The number of rotatable bonds is 9. The second-order valence-corrected chi connectivity index (χ2v) is 6.22. The summed E-state index contributed by atoms with van der Waals surface area (Å²) in [5, 5.41) is 6.95. The maximum atomic E-state index is 11.9. The Morgan fingerprint density at radius 2 is 1.96 bits per heavy atom. The average Bonchev–Trinajstić information content (AvgIpc) is 2.66. The Kier molecular flexibility index (Phi) is 8.30. The molecule has 2 aromatic rings. The number of halogens is 1. The topological polar surface area (TPSA) is 89.0 Å². The van der Waals surface area contributed by atoms with Crippen LogP contribution in [-0.4, -0.2) is 31.7 Å². The molecule has 0 aromatic heterocycles. The van der Waals surface area contributed by atoms with Crippen LogP contribution in [-0.2, 0) is 9.59 Å². The minimum Gasteiger partial charge on any atom is -0.493 e. The number of hydrazone groups is 1. The lowest BCUT2D eigenvalue weighted by atomic mass is 10.2. The van der Waals surface area contributed by atoms with Crippen LogP contribution < -0.4 is 20.2 Å². The molecule has 0 bridgehead atoms. The van der Waals surface area contributed by atoms with Crippen molar-refractivity contribution >= 4 is 35.3 Å². The zero-order chi connectivity index (χ0) is 20.4. The molecule has 0 atom stereocenters. The van der Waals surface area contributed by atoms with Crippen LogP contribution in [0.5, 0.6) is 11.5 Å². The Hall–Kier alpha value is -3.06. The lowest BCUT2D eigenvalue weighted by Gasteiger charge is -2.10. The molecule has 0 saturated carbocycles. The van der Waals surface area contributed by atoms with Crippen molar-refractivity contribution in [2.75, 3.05) is 19.0 Å². The summed E-state index contributed by atoms with van der Waals surface area (Å²) in [5.74, 6) is 0.215. The minimum atomic E-state index is -0.536. The van der Waals surface area contributed by atoms with Gasteiger partial charge in [-0.15, -0.1) is 0 Å². The van der Waals surface area contributed by atoms with Crippen molar-refractivity contribution in [2.24, 2.45) is 5.10 Å². The molecule has 2 amide bonds. The monoisotopic (exact) mass is 403 g/mol. The molecular formula is C20H22ClN3O4. The van der Waals surface area contributed by atoms with Gasteiger partial charge in [-0.1, -0.05) is 24.6 Å². The third-order valence-corrected chi connectivity index (χ3v) is 3.72. The summed E-state index contributed by atoms with van der Waals surface area (Å²) in [4.78, 5) is 23.7. The van der Waals surface area contributed by atoms with Gasteiger partial charge in [-0.3, -0.25) is 9.59 Å². The number of methoxy groups -OCH3 is 1. The van der Waals surface area contributed by atoms with E-state index in [-0.39, 0.29) is 6.42 Å². The zero-order valence-electron chi connectivity index (χ0n) is 15.7. The number of amides is 2. The fourth-order valence-corrected chi connectivity index (χ4v) is 2.42. The van der Waals surface area contributed by atoms with Crippen LogP contribution in [0.15, 0.2) is 47.6 Å². The molecule has 7 nitrogen and oxygen atoms in total. The number of hydrogen-bond donors (Lipinski definition) is 2. The molecule has 0 unspecified atom stereocenters. The summed E-state index contributed by atoms with van der Waals surface area (Å²) in [7, 11) is 1.55. The maximum Gasteiger partial charge on any atom is 0.249 e. The Bertz CT molecular complexity index is 855. The van der Waals surface area contributed by atoms with Gasteiger partial charge in [0.15, 0.2) is 11.5 Å². The highest BCUT2D eigenvalue weighted by Crippen LogP contribution is 2.27. The first-order chi connectivity index (χ1) is 13.5. The molecule has 2 rings (SSSR count). The number of anilines is 1. The Labute approximate surface area is 168 Å². The van der Waals surface area contributed by atoms with E-state index in [0.29, 0.717) is 34.4 Å². The molecule has 28 heavy (non-hydrogen) atoms. The second-order valence-electron chi connectivity index (χ2n) is 5.79. The summed E-state index contributed by atoms with van der Waals surface area (Å²) in [6, 6.07) is 12.0. The fourth-order valence-electron chi connectivity index (χ4n) is 2.23. The molecule has 148 valence electrons. The highest BCUT2D eigenvalue weighted by molar-refractivity contribution is 6.30. The van der Waals surface area contributed by atoms with Gasteiger partial charge in [0.2, 0.25) is 11.8 Å². The van der Waals surface area contributed by atoms with Gasteiger partial charge in [0.25, 0.3) is 0 Å². The van der Waals surface area contributed by atoms with E-state index in [1.165, 1.54) is 6.21 Å². The van der Waals surface area contributed by atoms with E-state index in [0.717, 1.165) is 6.42 Å². The third kappa shape index (κ3) is 6.92. The van der Waals surface area contributed by atoms with Gasteiger partial charge in [0.05, 0.1) is 19.9 Å². The van der Waals surface area contributed by atoms with Crippen LogP contribution in [0.25, 0.3) is 0 Å². The summed E-state index contributed by atoms with van der Waals surface area (Å²) in [6.45, 7) is 2.61. The lowest BCUT2D eigenvalue weighted by molar-refractivity contribution is -0.126. The molecule has 0 aliphatic rings. The minimum absolute atomic E-state index is 0.364. The molecule has 2 aromatic carbocycles. The van der Waals surface area contributed by atoms with Gasteiger partial charge >= 0.3 is 0 Å². The molecule has 2 N–H and O–H groups in total. The molecule has 0 fully saturated rings. The van der Waals surface area contributed by atoms with E-state index in [1.807, 2.05) is 6.92 Å². The molecular weight excluding hydrogens is 382 g/mol. The molecule has 0 saturated heterocycles. The van der Waals surface area contributed by atoms with Gasteiger partial charge < -0.3 is 14.8 Å². The van der Waals surface area contributed by atoms with Gasteiger partial charge in [-0.25, -0.2) is 5.43 Å². The summed E-state index contributed by atoms with van der Waals surface area (Å²) in [5.41, 5.74) is 3.55. The van der Waals surface area contributed by atoms with Gasteiger partial charge in [0, 0.05) is 10.7 Å². The van der Waals surface area contributed by atoms with E-state index in [2.05, 4.69) is 15.8 Å². The van der Waals surface area contributed by atoms with E-state index in [1.54, 1.807) is 49.6 Å². The van der Waals surface area contributed by atoms with Crippen molar-refractivity contribution in [3.8, 4) is 11.5 Å². The van der Waals surface area contributed by atoms with Crippen molar-refractivity contribution in [3.63, 3.8) is 0 Å². The van der Waals surface area contributed by atoms with Crippen molar-refractivity contribution in [3.05, 3.63) is 53.1 Å². The molecule has 0 radical (unpaired) electrons. The van der Waals surface area contributed by atoms with Gasteiger partial charge in [0.1, 0.15) is 6.42 Å². The molecule has 0 spiro atoms. The summed E-state index contributed by atoms with van der Waals surface area (Å²) in [6.07, 6.45) is 1.99. The quantitative estimate of drug-likeness (QED) is 0.380. The second kappa shape index (κ2) is 10.9. The Morgan fingerprint density at radius 1 is 1.14 bits per heavy atom. The number of benzene rings is 2. The van der Waals surface area contributed by atoms with Crippen molar-refractivity contribution in [1.29, 1.82) is 0 Å². The van der Waals surface area contributed by atoms with Crippen LogP contribution >= 0.6 is 11.6 Å². The highest BCUT2D eigenvalue weighted by Gasteiger charge is 2.09. The standard InChI is InChI=1S/C20H22ClN3O4/c1-3-9-28-17-8-7-14(10-18(17)27-2)13-22-24-20(26)12-19(25)23-16-6-4-5-15(21)11-16/h4-8,10-11,13H,3,9,12H2,1-2H3,(H,23,25)(H,24,26)/b22-13-. The first kappa shape index (κ1) is 21.2. The molecule has 0 aliphatic heterocycles. The van der Waals surface area contributed by atoms with Crippen LogP contribution in [0.3, 0.4) is 0 Å². The van der Waals surface area contributed by atoms with E-state index >= 15 is 0 Å². The molecule has 8 heteroatoms. The van der Waals surface area contributed by atoms with E-state index < -0.39 is 11.8 Å². The number of carbonyl (C=O) groups is 2. The van der Waals surface area contributed by atoms with Gasteiger partial charge in [-0.05, 0) is 48.4 Å². The smallest absolute Gasteiger partial charge is 0.249 e. The summed E-state index contributed by atoms with van der Waals surface area (Å²) >= 11 is 5.85. The normalized spacial score (nSPS) is 10.5. The van der Waals surface area contributed by atoms with Crippen LogP contribution in [0.1, 0.15) is 25.3 Å². The Balaban J connectivity index is 1.86. The summed E-state index contributed by atoms with van der Waals surface area (Å²) < 4.78 is 10.9.